The molecule has 7 nitrogen and oxygen atoms in total. The smallest absolute Gasteiger partial charge is 0.264 e. The quantitative estimate of drug-likeness (QED) is 0.553. The summed E-state index contributed by atoms with van der Waals surface area (Å²) in [7, 11) is -2.26. The van der Waals surface area contributed by atoms with Crippen LogP contribution in [0.5, 0.6) is 5.75 Å². The van der Waals surface area contributed by atoms with Gasteiger partial charge in [-0.1, -0.05) is 29.8 Å². The van der Waals surface area contributed by atoms with Gasteiger partial charge in [-0.25, -0.2) is 17.7 Å². The van der Waals surface area contributed by atoms with E-state index in [0.717, 1.165) is 16.8 Å². The van der Waals surface area contributed by atoms with Crippen LogP contribution in [0.15, 0.2) is 58.8 Å². The maximum absolute atomic E-state index is 12.6. The predicted octanol–water partition coefficient (Wildman–Crippen LogP) is 3.58. The van der Waals surface area contributed by atoms with Gasteiger partial charge in [0.25, 0.3) is 16.0 Å². The van der Waals surface area contributed by atoms with E-state index in [4.69, 9.17) is 4.74 Å². The SMILES string of the molecule is COc1ccc(S(=O)(=O)Nc2nc3scc(-c4ccc(C)cc4)n3n2)cc1. The van der Waals surface area contributed by atoms with Gasteiger partial charge >= 0.3 is 0 Å². The van der Waals surface area contributed by atoms with Crippen molar-refractivity contribution in [3.8, 4) is 17.0 Å². The van der Waals surface area contributed by atoms with Crippen molar-refractivity contribution >= 4 is 32.3 Å². The van der Waals surface area contributed by atoms with E-state index in [1.165, 1.54) is 30.6 Å². The number of benzene rings is 2. The van der Waals surface area contributed by atoms with Gasteiger partial charge in [-0.3, -0.25) is 0 Å². The molecular formula is C18H16N4O3S2. The van der Waals surface area contributed by atoms with E-state index in [-0.39, 0.29) is 10.8 Å². The number of anilines is 1. The predicted molar refractivity (Wildman–Crippen MR) is 105 cm³/mol. The molecule has 138 valence electrons. The van der Waals surface area contributed by atoms with Crippen LogP contribution in [-0.2, 0) is 10.0 Å². The Hall–Kier alpha value is -2.91. The lowest BCUT2D eigenvalue weighted by Crippen LogP contribution is -2.14. The average Bonchev–Trinajstić information content (AvgIpc) is 3.22. The number of ether oxygens (including phenoxy) is 1. The van der Waals surface area contributed by atoms with E-state index in [1.807, 2.05) is 36.6 Å². The van der Waals surface area contributed by atoms with Gasteiger partial charge in [-0.05, 0) is 31.2 Å². The molecule has 0 bridgehead atoms. The monoisotopic (exact) mass is 400 g/mol. The van der Waals surface area contributed by atoms with Crippen LogP contribution in [0, 0.1) is 6.92 Å². The molecular weight excluding hydrogens is 384 g/mol. The molecule has 0 radical (unpaired) electrons. The van der Waals surface area contributed by atoms with Crippen molar-refractivity contribution in [2.75, 3.05) is 11.8 Å². The molecule has 0 fully saturated rings. The van der Waals surface area contributed by atoms with Crippen molar-refractivity contribution in [1.82, 2.24) is 14.6 Å². The van der Waals surface area contributed by atoms with E-state index in [2.05, 4.69) is 14.8 Å². The van der Waals surface area contributed by atoms with Crippen molar-refractivity contribution in [3.05, 3.63) is 59.5 Å². The van der Waals surface area contributed by atoms with Gasteiger partial charge < -0.3 is 4.74 Å². The number of fused-ring (bicyclic) bond motifs is 1. The number of nitrogens with zero attached hydrogens (tertiary/aromatic N) is 3. The summed E-state index contributed by atoms with van der Waals surface area (Å²) < 4.78 is 34.2. The van der Waals surface area contributed by atoms with E-state index >= 15 is 0 Å². The second-order valence-corrected chi connectivity index (χ2v) is 8.42. The van der Waals surface area contributed by atoms with Gasteiger partial charge in [0.1, 0.15) is 5.75 Å². The van der Waals surface area contributed by atoms with Gasteiger partial charge in [-0.15, -0.1) is 16.4 Å². The third-order valence-electron chi connectivity index (χ3n) is 4.02. The van der Waals surface area contributed by atoms with Crippen LogP contribution in [0.4, 0.5) is 5.95 Å². The minimum atomic E-state index is -3.79. The minimum Gasteiger partial charge on any atom is -0.497 e. The van der Waals surface area contributed by atoms with Gasteiger partial charge in [0.15, 0.2) is 0 Å². The van der Waals surface area contributed by atoms with Gasteiger partial charge in [0.2, 0.25) is 4.96 Å². The highest BCUT2D eigenvalue weighted by molar-refractivity contribution is 7.92. The first kappa shape index (κ1) is 17.5. The van der Waals surface area contributed by atoms with Crippen molar-refractivity contribution in [1.29, 1.82) is 0 Å². The number of aromatic nitrogens is 3. The van der Waals surface area contributed by atoms with Crippen molar-refractivity contribution in [2.24, 2.45) is 0 Å². The second kappa shape index (κ2) is 6.67. The number of hydrogen-bond donors (Lipinski definition) is 1. The molecule has 2 aromatic heterocycles. The van der Waals surface area contributed by atoms with E-state index in [9.17, 15) is 8.42 Å². The number of thiazole rings is 1. The number of rotatable bonds is 5. The first-order valence-electron chi connectivity index (χ1n) is 8.04. The van der Waals surface area contributed by atoms with Crippen LogP contribution in [0.25, 0.3) is 16.2 Å². The zero-order valence-corrected chi connectivity index (χ0v) is 16.2. The van der Waals surface area contributed by atoms with Gasteiger partial charge in [-0.2, -0.15) is 4.98 Å². The third-order valence-corrected chi connectivity index (χ3v) is 6.18. The van der Waals surface area contributed by atoms with Crippen LogP contribution in [0.1, 0.15) is 5.56 Å². The summed E-state index contributed by atoms with van der Waals surface area (Å²) in [6.45, 7) is 2.02. The topological polar surface area (TPSA) is 85.6 Å². The molecule has 4 aromatic rings. The second-order valence-electron chi connectivity index (χ2n) is 5.90. The third kappa shape index (κ3) is 3.38. The minimum absolute atomic E-state index is 0.0334. The lowest BCUT2D eigenvalue weighted by molar-refractivity contribution is 0.414. The van der Waals surface area contributed by atoms with Crippen LogP contribution in [-0.4, -0.2) is 30.1 Å². The van der Waals surface area contributed by atoms with Crippen molar-refractivity contribution in [2.45, 2.75) is 11.8 Å². The molecule has 0 unspecified atom stereocenters. The molecule has 4 rings (SSSR count). The van der Waals surface area contributed by atoms with E-state index in [0.29, 0.717) is 10.7 Å². The molecule has 0 aliphatic carbocycles. The Morgan fingerprint density at radius 2 is 1.78 bits per heavy atom. The summed E-state index contributed by atoms with van der Waals surface area (Å²) >= 11 is 1.40. The van der Waals surface area contributed by atoms with Crippen molar-refractivity contribution < 1.29 is 13.2 Å². The van der Waals surface area contributed by atoms with E-state index in [1.54, 1.807) is 16.6 Å². The Morgan fingerprint density at radius 1 is 1.07 bits per heavy atom. The average molecular weight is 400 g/mol. The summed E-state index contributed by atoms with van der Waals surface area (Å²) in [5.41, 5.74) is 3.01. The first-order valence-corrected chi connectivity index (χ1v) is 10.4. The normalized spacial score (nSPS) is 11.6. The Labute approximate surface area is 160 Å². The highest BCUT2D eigenvalue weighted by Crippen LogP contribution is 2.27. The van der Waals surface area contributed by atoms with Crippen LogP contribution in [0.2, 0.25) is 0 Å². The summed E-state index contributed by atoms with van der Waals surface area (Å²) in [6, 6.07) is 14.1. The summed E-state index contributed by atoms with van der Waals surface area (Å²) in [5.74, 6) is 0.614. The summed E-state index contributed by atoms with van der Waals surface area (Å²) in [6.07, 6.45) is 0. The Kier molecular flexibility index (Phi) is 4.33. The molecule has 2 heterocycles. The molecule has 0 amide bonds. The number of nitrogens with one attached hydrogen (secondary N) is 1. The largest absolute Gasteiger partial charge is 0.497 e. The molecule has 1 N–H and O–H groups in total. The standard InChI is InChI=1S/C18H16N4O3S2/c1-12-3-5-13(6-4-12)16-11-26-18-19-17(20-22(16)18)21-27(23,24)15-9-7-14(25-2)8-10-15/h3-11H,1-2H3,(H,20,21). The lowest BCUT2D eigenvalue weighted by atomic mass is 10.1. The fourth-order valence-corrected chi connectivity index (χ4v) is 4.35. The summed E-state index contributed by atoms with van der Waals surface area (Å²) in [5, 5.41) is 6.26. The number of aryl methyl sites for hydroxylation is 1. The number of hydrogen-bond acceptors (Lipinski definition) is 6. The maximum Gasteiger partial charge on any atom is 0.264 e. The lowest BCUT2D eigenvalue weighted by Gasteiger charge is -2.05. The van der Waals surface area contributed by atoms with Gasteiger partial charge in [0.05, 0.1) is 17.7 Å². The first-order chi connectivity index (χ1) is 13.0. The zero-order valence-electron chi connectivity index (χ0n) is 14.6. The van der Waals surface area contributed by atoms with Crippen molar-refractivity contribution in [3.63, 3.8) is 0 Å². The maximum atomic E-state index is 12.6. The van der Waals surface area contributed by atoms with Crippen LogP contribution in [0.3, 0.4) is 0 Å². The fraction of sp³-hybridized carbons (Fsp3) is 0.111. The summed E-state index contributed by atoms with van der Waals surface area (Å²) in [4.78, 5) is 5.00. The highest BCUT2D eigenvalue weighted by atomic mass is 32.2. The van der Waals surface area contributed by atoms with Gasteiger partial charge in [0, 0.05) is 10.9 Å². The molecule has 0 saturated heterocycles. The molecule has 0 aliphatic rings. The Morgan fingerprint density at radius 3 is 2.44 bits per heavy atom. The fourth-order valence-electron chi connectivity index (χ4n) is 2.58. The molecule has 27 heavy (non-hydrogen) atoms. The van der Waals surface area contributed by atoms with Crippen LogP contribution < -0.4 is 9.46 Å². The molecule has 2 aromatic carbocycles. The van der Waals surface area contributed by atoms with Crippen LogP contribution >= 0.6 is 11.3 Å². The molecule has 0 aliphatic heterocycles. The molecule has 0 spiro atoms. The zero-order chi connectivity index (χ0) is 19.0. The molecule has 9 heteroatoms. The highest BCUT2D eigenvalue weighted by Gasteiger charge is 2.19. The van der Waals surface area contributed by atoms with E-state index < -0.39 is 10.0 Å². The Balaban J connectivity index is 1.65. The molecule has 0 atom stereocenters. The molecule has 0 saturated carbocycles. The number of methoxy groups -OCH3 is 1. The Bertz CT molecular complexity index is 1190. The number of sulfonamides is 1.